The molecule has 2 aliphatic heterocycles. The van der Waals surface area contributed by atoms with Gasteiger partial charge in [-0.1, -0.05) is 13.8 Å². The van der Waals surface area contributed by atoms with E-state index in [2.05, 4.69) is 25.6 Å². The van der Waals surface area contributed by atoms with Crippen LogP contribution in [0, 0.1) is 17.3 Å². The topological polar surface area (TPSA) is 35.2 Å². The van der Waals surface area contributed by atoms with Crippen molar-refractivity contribution in [1.82, 2.24) is 0 Å². The molecule has 0 aromatic heterocycles. The van der Waals surface area contributed by atoms with Crippen LogP contribution >= 0.6 is 11.8 Å². The highest BCUT2D eigenvalue weighted by atomic mass is 32.2. The largest absolute Gasteiger partial charge is 0.375 e. The Hall–Kier alpha value is 0.270. The van der Waals surface area contributed by atoms with E-state index in [4.69, 9.17) is 10.5 Å². The fraction of sp³-hybridized carbons (Fsp3) is 1.00. The number of ether oxygens (including phenoxy) is 1. The van der Waals surface area contributed by atoms with Gasteiger partial charge in [0.25, 0.3) is 0 Å². The van der Waals surface area contributed by atoms with E-state index < -0.39 is 0 Å². The van der Waals surface area contributed by atoms with E-state index in [1.165, 1.54) is 43.6 Å². The summed E-state index contributed by atoms with van der Waals surface area (Å²) in [5, 5.41) is 0. The molecule has 3 aliphatic rings. The maximum Gasteiger partial charge on any atom is 0.0701 e. The Morgan fingerprint density at radius 2 is 1.89 bits per heavy atom. The maximum atomic E-state index is 6.56. The number of hydrogen-bond acceptors (Lipinski definition) is 3. The Morgan fingerprint density at radius 3 is 2.50 bits per heavy atom. The van der Waals surface area contributed by atoms with Gasteiger partial charge < -0.3 is 10.5 Å². The fourth-order valence-corrected chi connectivity index (χ4v) is 5.22. The van der Waals surface area contributed by atoms with Crippen LogP contribution in [0.3, 0.4) is 0 Å². The highest BCUT2D eigenvalue weighted by Crippen LogP contribution is 2.55. The molecule has 2 N–H and O–H groups in total. The van der Waals surface area contributed by atoms with Crippen molar-refractivity contribution in [2.75, 3.05) is 18.1 Å². The van der Waals surface area contributed by atoms with Gasteiger partial charge in [-0.05, 0) is 60.9 Å². The lowest BCUT2D eigenvalue weighted by Gasteiger charge is -2.45. The van der Waals surface area contributed by atoms with Crippen LogP contribution in [0.15, 0.2) is 0 Å². The molecule has 3 atom stereocenters. The van der Waals surface area contributed by atoms with Crippen LogP contribution in [0.25, 0.3) is 0 Å². The first-order chi connectivity index (χ1) is 8.53. The highest BCUT2D eigenvalue weighted by Gasteiger charge is 2.52. The Bertz CT molecular complexity index is 306. The lowest BCUT2D eigenvalue weighted by atomic mass is 9.77. The lowest BCUT2D eigenvalue weighted by molar-refractivity contribution is -0.106. The van der Waals surface area contributed by atoms with E-state index in [-0.39, 0.29) is 5.60 Å². The van der Waals surface area contributed by atoms with Crippen LogP contribution in [0.1, 0.15) is 46.0 Å². The van der Waals surface area contributed by atoms with Gasteiger partial charge in [0.2, 0.25) is 0 Å². The first-order valence-corrected chi connectivity index (χ1v) is 8.65. The van der Waals surface area contributed by atoms with Crippen LogP contribution in [0.5, 0.6) is 0 Å². The number of nitrogens with two attached hydrogens (primary N) is 1. The summed E-state index contributed by atoms with van der Waals surface area (Å²) in [5.41, 5.74) is 7.27. The number of hydrogen-bond donors (Lipinski definition) is 1. The smallest absolute Gasteiger partial charge is 0.0701 e. The summed E-state index contributed by atoms with van der Waals surface area (Å²) in [6.45, 7) is 5.67. The predicted octanol–water partition coefficient (Wildman–Crippen LogP) is 3.05. The van der Waals surface area contributed by atoms with Gasteiger partial charge in [-0.15, -0.1) is 0 Å². The molecule has 18 heavy (non-hydrogen) atoms. The minimum atomic E-state index is 0.199. The summed E-state index contributed by atoms with van der Waals surface area (Å²) in [6, 6.07) is 0.412. The van der Waals surface area contributed by atoms with Crippen molar-refractivity contribution < 1.29 is 4.74 Å². The van der Waals surface area contributed by atoms with E-state index in [0.29, 0.717) is 17.4 Å². The molecule has 0 bridgehead atoms. The molecule has 0 aromatic carbocycles. The van der Waals surface area contributed by atoms with E-state index in [9.17, 15) is 0 Å². The molecule has 104 valence electrons. The quantitative estimate of drug-likeness (QED) is 0.837. The summed E-state index contributed by atoms with van der Waals surface area (Å²) in [5.74, 6) is 4.01. The lowest BCUT2D eigenvalue weighted by Crippen LogP contribution is -2.48. The molecular weight excluding hydrogens is 242 g/mol. The molecule has 3 fully saturated rings. The van der Waals surface area contributed by atoms with Crippen LogP contribution in [0.2, 0.25) is 0 Å². The molecule has 0 aromatic rings. The summed E-state index contributed by atoms with van der Waals surface area (Å²) in [6.07, 6.45) is 6.22. The van der Waals surface area contributed by atoms with Gasteiger partial charge in [0.05, 0.1) is 5.60 Å². The van der Waals surface area contributed by atoms with Crippen molar-refractivity contribution in [2.45, 2.75) is 57.6 Å². The second-order valence-corrected chi connectivity index (χ2v) is 8.50. The van der Waals surface area contributed by atoms with Crippen molar-refractivity contribution in [3.8, 4) is 0 Å². The third-order valence-electron chi connectivity index (χ3n) is 5.53. The van der Waals surface area contributed by atoms with Crippen molar-refractivity contribution in [2.24, 2.45) is 23.0 Å². The standard InChI is InChI=1S/C15H27NOS/c1-14(2)10-12(14)13(16)11-3-6-17-15(9-11)4-7-18-8-5-15/h11-13H,3-10,16H2,1-2H3. The van der Waals surface area contributed by atoms with Crippen molar-refractivity contribution >= 4 is 11.8 Å². The molecule has 3 rings (SSSR count). The minimum Gasteiger partial charge on any atom is -0.375 e. The second-order valence-electron chi connectivity index (χ2n) is 7.27. The Labute approximate surface area is 115 Å². The normalized spacial score (nSPS) is 39.5. The van der Waals surface area contributed by atoms with E-state index in [0.717, 1.165) is 12.5 Å². The summed E-state index contributed by atoms with van der Waals surface area (Å²) >= 11 is 2.08. The van der Waals surface area contributed by atoms with Crippen LogP contribution in [-0.2, 0) is 4.74 Å². The summed E-state index contributed by atoms with van der Waals surface area (Å²) in [7, 11) is 0. The molecule has 1 spiro atoms. The van der Waals surface area contributed by atoms with Gasteiger partial charge in [-0.3, -0.25) is 0 Å². The molecule has 2 heterocycles. The summed E-state index contributed by atoms with van der Waals surface area (Å²) in [4.78, 5) is 0. The van der Waals surface area contributed by atoms with Crippen LogP contribution < -0.4 is 5.73 Å². The van der Waals surface area contributed by atoms with Gasteiger partial charge in [0.1, 0.15) is 0 Å². The van der Waals surface area contributed by atoms with Crippen LogP contribution in [-0.4, -0.2) is 29.8 Å². The number of rotatable bonds is 2. The van der Waals surface area contributed by atoms with Crippen molar-refractivity contribution in [1.29, 1.82) is 0 Å². The van der Waals surface area contributed by atoms with Crippen molar-refractivity contribution in [3.63, 3.8) is 0 Å². The molecule has 1 aliphatic carbocycles. The van der Waals surface area contributed by atoms with Gasteiger partial charge in [-0.2, -0.15) is 11.8 Å². The molecule has 0 radical (unpaired) electrons. The average Bonchev–Trinajstić information content (AvgIpc) is 2.98. The maximum absolute atomic E-state index is 6.56. The van der Waals surface area contributed by atoms with Crippen LogP contribution in [0.4, 0.5) is 0 Å². The number of thioether (sulfide) groups is 1. The second kappa shape index (κ2) is 4.68. The van der Waals surface area contributed by atoms with Gasteiger partial charge in [0, 0.05) is 12.6 Å². The molecule has 0 amide bonds. The third kappa shape index (κ3) is 2.46. The molecule has 3 unspecified atom stereocenters. The minimum absolute atomic E-state index is 0.199. The average molecular weight is 269 g/mol. The van der Waals surface area contributed by atoms with Gasteiger partial charge >= 0.3 is 0 Å². The third-order valence-corrected chi connectivity index (χ3v) is 6.52. The van der Waals surface area contributed by atoms with Gasteiger partial charge in [-0.25, -0.2) is 0 Å². The molecule has 1 saturated carbocycles. The zero-order valence-corrected chi connectivity index (χ0v) is 12.6. The predicted molar refractivity (Wildman–Crippen MR) is 77.8 cm³/mol. The summed E-state index contributed by atoms with van der Waals surface area (Å²) < 4.78 is 6.17. The van der Waals surface area contributed by atoms with Gasteiger partial charge in [0.15, 0.2) is 0 Å². The molecule has 3 heteroatoms. The Balaban J connectivity index is 1.63. The van der Waals surface area contributed by atoms with Crippen molar-refractivity contribution in [3.05, 3.63) is 0 Å². The first kappa shape index (κ1) is 13.3. The Kier molecular flexibility index (Phi) is 3.44. The van der Waals surface area contributed by atoms with E-state index >= 15 is 0 Å². The first-order valence-electron chi connectivity index (χ1n) is 7.50. The van der Waals surface area contributed by atoms with E-state index in [1.54, 1.807) is 0 Å². The highest BCUT2D eigenvalue weighted by molar-refractivity contribution is 7.99. The SMILES string of the molecule is CC1(C)CC1C(N)C1CCOC2(CCSCC2)C1. The molecule has 2 saturated heterocycles. The Morgan fingerprint density at radius 1 is 1.22 bits per heavy atom. The van der Waals surface area contributed by atoms with E-state index in [1.807, 2.05) is 0 Å². The zero-order valence-electron chi connectivity index (χ0n) is 11.8. The molecular formula is C15H27NOS. The zero-order chi connectivity index (χ0) is 12.8. The monoisotopic (exact) mass is 269 g/mol. The fourth-order valence-electron chi connectivity index (χ4n) is 3.98. The molecule has 2 nitrogen and oxygen atoms in total.